The number of rotatable bonds is 6. The fourth-order valence-electron chi connectivity index (χ4n) is 1.67. The average Bonchev–Trinajstić information content (AvgIpc) is 2.80. The van der Waals surface area contributed by atoms with Crippen molar-refractivity contribution in [3.8, 4) is 0 Å². The number of halogens is 1. The quantitative estimate of drug-likeness (QED) is 0.870. The van der Waals surface area contributed by atoms with E-state index in [1.807, 2.05) is 37.4 Å². The fraction of sp³-hybridized carbons (Fsp3) is 0.286. The van der Waals surface area contributed by atoms with Crippen molar-refractivity contribution in [1.82, 2.24) is 5.32 Å². The van der Waals surface area contributed by atoms with Crippen LogP contribution in [0.4, 0.5) is 0 Å². The molecule has 0 fully saturated rings. The molecule has 0 saturated carbocycles. The Morgan fingerprint density at radius 3 is 2.67 bits per heavy atom. The van der Waals surface area contributed by atoms with Crippen LogP contribution in [-0.4, -0.2) is 7.05 Å². The van der Waals surface area contributed by atoms with E-state index in [2.05, 4.69) is 5.32 Å². The van der Waals surface area contributed by atoms with Gasteiger partial charge in [-0.2, -0.15) is 0 Å². The molecule has 4 heteroatoms. The van der Waals surface area contributed by atoms with Crippen LogP contribution in [0.15, 0.2) is 41.0 Å². The summed E-state index contributed by atoms with van der Waals surface area (Å²) in [6.07, 6.45) is 1.69. The van der Waals surface area contributed by atoms with Gasteiger partial charge in [0.2, 0.25) is 0 Å². The van der Waals surface area contributed by atoms with Crippen molar-refractivity contribution in [3.05, 3.63) is 58.5 Å². The van der Waals surface area contributed by atoms with E-state index in [-0.39, 0.29) is 0 Å². The van der Waals surface area contributed by atoms with E-state index in [4.69, 9.17) is 20.8 Å². The Morgan fingerprint density at radius 2 is 1.94 bits per heavy atom. The van der Waals surface area contributed by atoms with Gasteiger partial charge in [-0.1, -0.05) is 23.7 Å². The minimum atomic E-state index is 0.552. The summed E-state index contributed by atoms with van der Waals surface area (Å²) in [6.45, 7) is 1.84. The lowest BCUT2D eigenvalue weighted by Crippen LogP contribution is -2.06. The molecule has 0 spiro atoms. The molecule has 0 atom stereocenters. The van der Waals surface area contributed by atoms with E-state index in [9.17, 15) is 0 Å². The van der Waals surface area contributed by atoms with Gasteiger partial charge < -0.3 is 14.5 Å². The third kappa shape index (κ3) is 3.60. The maximum absolute atomic E-state index is 5.82. The van der Waals surface area contributed by atoms with Gasteiger partial charge in [0, 0.05) is 10.6 Å². The molecule has 0 amide bonds. The van der Waals surface area contributed by atoms with Crippen molar-refractivity contribution in [2.45, 2.75) is 19.8 Å². The van der Waals surface area contributed by atoms with E-state index in [0.29, 0.717) is 19.8 Å². The predicted octanol–water partition coefficient (Wildman–Crippen LogP) is 3.37. The molecule has 3 nitrogen and oxygen atoms in total. The minimum absolute atomic E-state index is 0.552. The summed E-state index contributed by atoms with van der Waals surface area (Å²) in [5.41, 5.74) is 2.19. The molecule has 1 aromatic heterocycles. The lowest BCUT2D eigenvalue weighted by Gasteiger charge is -2.05. The number of benzene rings is 1. The summed E-state index contributed by atoms with van der Waals surface area (Å²) in [6, 6.07) is 9.60. The molecule has 1 aromatic carbocycles. The second-order valence-electron chi connectivity index (χ2n) is 4.02. The first-order valence-corrected chi connectivity index (χ1v) is 6.19. The molecule has 1 N–H and O–H groups in total. The van der Waals surface area contributed by atoms with Gasteiger partial charge in [0.05, 0.1) is 26.0 Å². The van der Waals surface area contributed by atoms with Gasteiger partial charge >= 0.3 is 0 Å². The molecule has 0 aliphatic rings. The normalized spacial score (nSPS) is 10.8. The molecule has 2 rings (SSSR count). The topological polar surface area (TPSA) is 34.4 Å². The van der Waals surface area contributed by atoms with Crippen LogP contribution >= 0.6 is 11.6 Å². The molecule has 0 aliphatic heterocycles. The van der Waals surface area contributed by atoms with E-state index < -0.39 is 0 Å². The Labute approximate surface area is 112 Å². The lowest BCUT2D eigenvalue weighted by molar-refractivity contribution is 0.106. The first kappa shape index (κ1) is 13.1. The molecule has 0 saturated heterocycles. The Balaban J connectivity index is 1.84. The van der Waals surface area contributed by atoms with E-state index in [1.165, 1.54) is 0 Å². The second-order valence-corrected chi connectivity index (χ2v) is 4.46. The molecule has 18 heavy (non-hydrogen) atoms. The minimum Gasteiger partial charge on any atom is -0.468 e. The van der Waals surface area contributed by atoms with Gasteiger partial charge in [-0.25, -0.2) is 0 Å². The summed E-state index contributed by atoms with van der Waals surface area (Å²) >= 11 is 5.82. The van der Waals surface area contributed by atoms with Crippen LogP contribution in [0.25, 0.3) is 0 Å². The molecular weight excluding hydrogens is 250 g/mol. The van der Waals surface area contributed by atoms with Crippen LogP contribution in [0.1, 0.15) is 16.9 Å². The first-order valence-electron chi connectivity index (χ1n) is 5.81. The lowest BCUT2D eigenvalue weighted by atomic mass is 10.2. The third-order valence-electron chi connectivity index (χ3n) is 2.61. The second kappa shape index (κ2) is 6.59. The van der Waals surface area contributed by atoms with Gasteiger partial charge in [-0.3, -0.25) is 0 Å². The molecule has 0 bridgehead atoms. The highest BCUT2D eigenvalue weighted by Gasteiger charge is 2.05. The van der Waals surface area contributed by atoms with Crippen molar-refractivity contribution < 1.29 is 9.15 Å². The van der Waals surface area contributed by atoms with Crippen molar-refractivity contribution >= 4 is 11.6 Å². The zero-order valence-corrected chi connectivity index (χ0v) is 11.0. The maximum atomic E-state index is 5.82. The SMILES string of the molecule is CNCc1occc1COCc1ccc(Cl)cc1. The standard InChI is InChI=1S/C14H16ClNO2/c1-16-8-14-12(6-7-18-14)10-17-9-11-2-4-13(15)5-3-11/h2-7,16H,8-10H2,1H3. The van der Waals surface area contributed by atoms with E-state index in [1.54, 1.807) is 6.26 Å². The summed E-state index contributed by atoms with van der Waals surface area (Å²) < 4.78 is 11.0. The predicted molar refractivity (Wildman–Crippen MR) is 71.4 cm³/mol. The van der Waals surface area contributed by atoms with Crippen LogP contribution in [-0.2, 0) is 24.5 Å². The average molecular weight is 266 g/mol. The van der Waals surface area contributed by atoms with Gasteiger partial charge in [0.1, 0.15) is 5.76 Å². The van der Waals surface area contributed by atoms with Crippen LogP contribution in [0.5, 0.6) is 0 Å². The van der Waals surface area contributed by atoms with Gasteiger partial charge in [0.25, 0.3) is 0 Å². The molecule has 0 radical (unpaired) electrons. The van der Waals surface area contributed by atoms with Gasteiger partial charge in [-0.15, -0.1) is 0 Å². The molecule has 2 aromatic rings. The third-order valence-corrected chi connectivity index (χ3v) is 2.87. The van der Waals surface area contributed by atoms with Crippen LogP contribution in [0, 0.1) is 0 Å². The molecule has 0 aliphatic carbocycles. The highest BCUT2D eigenvalue weighted by Crippen LogP contribution is 2.14. The Bertz CT molecular complexity index is 479. The maximum Gasteiger partial charge on any atom is 0.123 e. The van der Waals surface area contributed by atoms with Gasteiger partial charge in [0.15, 0.2) is 0 Å². The monoisotopic (exact) mass is 265 g/mol. The van der Waals surface area contributed by atoms with E-state index >= 15 is 0 Å². The molecular formula is C14H16ClNO2. The van der Waals surface area contributed by atoms with Crippen molar-refractivity contribution in [1.29, 1.82) is 0 Å². The number of nitrogens with one attached hydrogen (secondary N) is 1. The van der Waals surface area contributed by atoms with Gasteiger partial charge in [-0.05, 0) is 30.8 Å². The number of furan rings is 1. The largest absolute Gasteiger partial charge is 0.468 e. The van der Waals surface area contributed by atoms with Crippen LogP contribution < -0.4 is 5.32 Å². The Morgan fingerprint density at radius 1 is 1.17 bits per heavy atom. The summed E-state index contributed by atoms with van der Waals surface area (Å²) in [5.74, 6) is 0.925. The van der Waals surface area contributed by atoms with E-state index in [0.717, 1.165) is 21.9 Å². The summed E-state index contributed by atoms with van der Waals surface area (Å²) in [4.78, 5) is 0. The number of hydrogen-bond donors (Lipinski definition) is 1. The first-order chi connectivity index (χ1) is 8.79. The fourth-order valence-corrected chi connectivity index (χ4v) is 1.80. The molecule has 0 unspecified atom stereocenters. The zero-order valence-electron chi connectivity index (χ0n) is 10.3. The van der Waals surface area contributed by atoms with Crippen molar-refractivity contribution in [2.24, 2.45) is 0 Å². The highest BCUT2D eigenvalue weighted by molar-refractivity contribution is 6.30. The van der Waals surface area contributed by atoms with Crippen LogP contribution in [0.3, 0.4) is 0 Å². The zero-order chi connectivity index (χ0) is 12.8. The Hall–Kier alpha value is -1.29. The van der Waals surface area contributed by atoms with Crippen molar-refractivity contribution in [3.63, 3.8) is 0 Å². The summed E-state index contributed by atoms with van der Waals surface area (Å²) in [5, 5.41) is 3.80. The molecule has 96 valence electrons. The number of ether oxygens (including phenoxy) is 1. The smallest absolute Gasteiger partial charge is 0.123 e. The Kier molecular flexibility index (Phi) is 4.81. The molecule has 1 heterocycles. The highest BCUT2D eigenvalue weighted by atomic mass is 35.5. The van der Waals surface area contributed by atoms with Crippen molar-refractivity contribution in [2.75, 3.05) is 7.05 Å². The summed E-state index contributed by atoms with van der Waals surface area (Å²) in [7, 11) is 1.89. The van der Waals surface area contributed by atoms with Crippen LogP contribution in [0.2, 0.25) is 5.02 Å². The number of hydrogen-bond acceptors (Lipinski definition) is 3.